The first-order valence-corrected chi connectivity index (χ1v) is 5.17. The van der Waals surface area contributed by atoms with Gasteiger partial charge in [-0.2, -0.15) is 0 Å². The Labute approximate surface area is 84.3 Å². The Morgan fingerprint density at radius 3 is 3.07 bits per heavy atom. The Bertz CT molecular complexity index is 403. The van der Waals surface area contributed by atoms with Gasteiger partial charge in [-0.25, -0.2) is 0 Å². The Morgan fingerprint density at radius 1 is 1.29 bits per heavy atom. The third kappa shape index (κ3) is 1.96. The number of aromatic nitrogens is 1. The SMILES string of the molecule is CCCNCc1ccc2cc[nH]c2c1. The van der Waals surface area contributed by atoms with Gasteiger partial charge in [0.05, 0.1) is 0 Å². The van der Waals surface area contributed by atoms with Crippen molar-refractivity contribution in [3.05, 3.63) is 36.0 Å². The number of H-pyrrole nitrogens is 1. The van der Waals surface area contributed by atoms with Gasteiger partial charge in [-0.3, -0.25) is 0 Å². The van der Waals surface area contributed by atoms with E-state index in [1.165, 1.54) is 22.9 Å². The summed E-state index contributed by atoms with van der Waals surface area (Å²) >= 11 is 0. The third-order valence-electron chi connectivity index (χ3n) is 2.38. The Morgan fingerprint density at radius 2 is 2.21 bits per heavy atom. The molecule has 2 nitrogen and oxygen atoms in total. The quantitative estimate of drug-likeness (QED) is 0.709. The fraction of sp³-hybridized carbons (Fsp3) is 0.333. The first kappa shape index (κ1) is 9.28. The lowest BCUT2D eigenvalue weighted by molar-refractivity contribution is 0.676. The van der Waals surface area contributed by atoms with Crippen LogP contribution in [-0.4, -0.2) is 11.5 Å². The van der Waals surface area contributed by atoms with Gasteiger partial charge < -0.3 is 10.3 Å². The second-order valence-electron chi connectivity index (χ2n) is 3.58. The largest absolute Gasteiger partial charge is 0.361 e. The second-order valence-corrected chi connectivity index (χ2v) is 3.58. The molecule has 1 aromatic carbocycles. The lowest BCUT2D eigenvalue weighted by atomic mass is 10.1. The van der Waals surface area contributed by atoms with Gasteiger partial charge in [0.25, 0.3) is 0 Å². The fourth-order valence-electron chi connectivity index (χ4n) is 1.61. The van der Waals surface area contributed by atoms with Crippen LogP contribution in [0.2, 0.25) is 0 Å². The smallest absolute Gasteiger partial charge is 0.0457 e. The zero-order chi connectivity index (χ0) is 9.80. The van der Waals surface area contributed by atoms with Gasteiger partial charge in [-0.05, 0) is 36.0 Å². The number of aromatic amines is 1. The summed E-state index contributed by atoms with van der Waals surface area (Å²) in [4.78, 5) is 3.22. The van der Waals surface area contributed by atoms with Crippen molar-refractivity contribution >= 4 is 10.9 Å². The molecule has 0 aliphatic rings. The average Bonchev–Trinajstić information content (AvgIpc) is 2.65. The van der Waals surface area contributed by atoms with Crippen LogP contribution in [0.5, 0.6) is 0 Å². The number of hydrogen-bond acceptors (Lipinski definition) is 1. The molecule has 2 rings (SSSR count). The Kier molecular flexibility index (Phi) is 2.84. The molecule has 14 heavy (non-hydrogen) atoms. The van der Waals surface area contributed by atoms with E-state index in [0.717, 1.165) is 13.1 Å². The molecule has 0 fully saturated rings. The van der Waals surface area contributed by atoms with Gasteiger partial charge in [0.2, 0.25) is 0 Å². The van der Waals surface area contributed by atoms with Crippen LogP contribution in [0, 0.1) is 0 Å². The molecule has 0 aliphatic carbocycles. The highest BCUT2D eigenvalue weighted by Crippen LogP contribution is 2.13. The topological polar surface area (TPSA) is 27.8 Å². The molecular weight excluding hydrogens is 172 g/mol. The molecule has 0 bridgehead atoms. The summed E-state index contributed by atoms with van der Waals surface area (Å²) in [7, 11) is 0. The summed E-state index contributed by atoms with van der Waals surface area (Å²) in [5.74, 6) is 0. The van der Waals surface area contributed by atoms with Gasteiger partial charge in [0, 0.05) is 18.3 Å². The monoisotopic (exact) mass is 188 g/mol. The Balaban J connectivity index is 2.10. The molecule has 74 valence electrons. The minimum Gasteiger partial charge on any atom is -0.361 e. The van der Waals surface area contributed by atoms with Crippen LogP contribution in [0.15, 0.2) is 30.5 Å². The van der Waals surface area contributed by atoms with E-state index in [1.54, 1.807) is 0 Å². The number of rotatable bonds is 4. The zero-order valence-corrected chi connectivity index (χ0v) is 8.51. The number of benzene rings is 1. The molecule has 0 spiro atoms. The van der Waals surface area contributed by atoms with Crippen molar-refractivity contribution in [2.24, 2.45) is 0 Å². The van der Waals surface area contributed by atoms with Crippen LogP contribution >= 0.6 is 0 Å². The molecule has 0 amide bonds. The van der Waals surface area contributed by atoms with Crippen molar-refractivity contribution in [1.82, 2.24) is 10.3 Å². The van der Waals surface area contributed by atoms with E-state index < -0.39 is 0 Å². The van der Waals surface area contributed by atoms with Crippen molar-refractivity contribution in [1.29, 1.82) is 0 Å². The predicted molar refractivity (Wildman–Crippen MR) is 60.3 cm³/mol. The second kappa shape index (κ2) is 4.29. The van der Waals surface area contributed by atoms with Gasteiger partial charge in [-0.15, -0.1) is 0 Å². The van der Waals surface area contributed by atoms with Crippen LogP contribution in [0.1, 0.15) is 18.9 Å². The van der Waals surface area contributed by atoms with Crippen molar-refractivity contribution < 1.29 is 0 Å². The number of hydrogen-bond donors (Lipinski definition) is 2. The summed E-state index contributed by atoms with van der Waals surface area (Å²) < 4.78 is 0. The maximum atomic E-state index is 3.39. The number of nitrogens with one attached hydrogen (secondary N) is 2. The molecule has 1 aromatic heterocycles. The van der Waals surface area contributed by atoms with E-state index in [2.05, 4.69) is 41.5 Å². The molecule has 0 aliphatic heterocycles. The summed E-state index contributed by atoms with van der Waals surface area (Å²) in [5, 5.41) is 4.68. The molecule has 2 N–H and O–H groups in total. The first-order valence-electron chi connectivity index (χ1n) is 5.17. The summed E-state index contributed by atoms with van der Waals surface area (Å²) in [6, 6.07) is 8.64. The molecule has 0 saturated heterocycles. The standard InChI is InChI=1S/C12H16N2/c1-2-6-13-9-10-3-4-11-5-7-14-12(11)8-10/h3-5,7-8,13-14H,2,6,9H2,1H3. The molecule has 0 saturated carbocycles. The van der Waals surface area contributed by atoms with Crippen LogP contribution in [0.3, 0.4) is 0 Å². The molecule has 0 unspecified atom stereocenters. The predicted octanol–water partition coefficient (Wildman–Crippen LogP) is 2.67. The average molecular weight is 188 g/mol. The highest BCUT2D eigenvalue weighted by atomic mass is 14.8. The summed E-state index contributed by atoms with van der Waals surface area (Å²) in [6.07, 6.45) is 3.17. The van der Waals surface area contributed by atoms with E-state index in [-0.39, 0.29) is 0 Å². The van der Waals surface area contributed by atoms with Crippen LogP contribution in [-0.2, 0) is 6.54 Å². The van der Waals surface area contributed by atoms with Crippen LogP contribution in [0.25, 0.3) is 10.9 Å². The summed E-state index contributed by atoms with van der Waals surface area (Å²) in [6.45, 7) is 4.23. The lowest BCUT2D eigenvalue weighted by Gasteiger charge is -2.02. The van der Waals surface area contributed by atoms with Crippen LogP contribution < -0.4 is 5.32 Å². The lowest BCUT2D eigenvalue weighted by Crippen LogP contribution is -2.13. The normalized spacial score (nSPS) is 10.9. The highest BCUT2D eigenvalue weighted by molar-refractivity contribution is 5.79. The molecule has 2 heteroatoms. The van der Waals surface area contributed by atoms with Gasteiger partial charge >= 0.3 is 0 Å². The van der Waals surface area contributed by atoms with E-state index in [1.807, 2.05) is 6.20 Å². The third-order valence-corrected chi connectivity index (χ3v) is 2.38. The van der Waals surface area contributed by atoms with E-state index in [4.69, 9.17) is 0 Å². The van der Waals surface area contributed by atoms with E-state index in [9.17, 15) is 0 Å². The summed E-state index contributed by atoms with van der Waals surface area (Å²) in [5.41, 5.74) is 2.56. The van der Waals surface area contributed by atoms with Crippen molar-refractivity contribution in [3.63, 3.8) is 0 Å². The first-order chi connectivity index (χ1) is 6.90. The number of fused-ring (bicyclic) bond motifs is 1. The molecule has 0 radical (unpaired) electrons. The van der Waals surface area contributed by atoms with Crippen molar-refractivity contribution in [2.45, 2.75) is 19.9 Å². The maximum Gasteiger partial charge on any atom is 0.0457 e. The molecular formula is C12H16N2. The molecule has 2 aromatic rings. The highest BCUT2D eigenvalue weighted by Gasteiger charge is 1.96. The van der Waals surface area contributed by atoms with Crippen molar-refractivity contribution in [3.8, 4) is 0 Å². The minimum absolute atomic E-state index is 0.961. The Hall–Kier alpha value is -1.28. The van der Waals surface area contributed by atoms with E-state index >= 15 is 0 Å². The van der Waals surface area contributed by atoms with Gasteiger partial charge in [-0.1, -0.05) is 19.1 Å². The minimum atomic E-state index is 0.961. The zero-order valence-electron chi connectivity index (χ0n) is 8.51. The van der Waals surface area contributed by atoms with Crippen LogP contribution in [0.4, 0.5) is 0 Å². The maximum absolute atomic E-state index is 3.39. The van der Waals surface area contributed by atoms with Gasteiger partial charge in [0.1, 0.15) is 0 Å². The van der Waals surface area contributed by atoms with Crippen molar-refractivity contribution in [2.75, 3.05) is 6.54 Å². The molecule has 1 heterocycles. The fourth-order valence-corrected chi connectivity index (χ4v) is 1.61. The van der Waals surface area contributed by atoms with Gasteiger partial charge in [0.15, 0.2) is 0 Å². The molecule has 0 atom stereocenters. The van der Waals surface area contributed by atoms with E-state index in [0.29, 0.717) is 0 Å².